The highest BCUT2D eigenvalue weighted by atomic mass is 35.5. The summed E-state index contributed by atoms with van der Waals surface area (Å²) in [5, 5.41) is 4.86. The van der Waals surface area contributed by atoms with Gasteiger partial charge in [-0.15, -0.1) is 0 Å². The number of hydrogen-bond acceptors (Lipinski definition) is 4. The normalized spacial score (nSPS) is 18.7. The highest BCUT2D eigenvalue weighted by Crippen LogP contribution is 2.40. The van der Waals surface area contributed by atoms with Gasteiger partial charge in [0.15, 0.2) is 0 Å². The summed E-state index contributed by atoms with van der Waals surface area (Å²) < 4.78 is 7.11. The highest BCUT2D eigenvalue weighted by Gasteiger charge is 2.50. The Morgan fingerprint density at radius 3 is 2.55 bits per heavy atom. The largest absolute Gasteiger partial charge is 0.459 e. The van der Waals surface area contributed by atoms with Crippen LogP contribution in [-0.4, -0.2) is 26.9 Å². The van der Waals surface area contributed by atoms with Gasteiger partial charge in [0.05, 0.1) is 17.3 Å². The van der Waals surface area contributed by atoms with Gasteiger partial charge in [0.25, 0.3) is 0 Å². The summed E-state index contributed by atoms with van der Waals surface area (Å²) in [6.07, 6.45) is 3.60. The molecule has 1 unspecified atom stereocenters. The van der Waals surface area contributed by atoms with Crippen molar-refractivity contribution in [2.24, 2.45) is 11.7 Å². The molecular weight excluding hydrogens is 278 g/mol. The van der Waals surface area contributed by atoms with E-state index in [4.69, 9.17) is 22.1 Å². The number of halogens is 1. The van der Waals surface area contributed by atoms with E-state index in [1.807, 2.05) is 27.7 Å². The Hall–Kier alpha value is -1.07. The first kappa shape index (κ1) is 15.3. The Morgan fingerprint density at radius 2 is 2.15 bits per heavy atom. The second-order valence-corrected chi connectivity index (χ2v) is 6.98. The number of hydrogen-bond donors (Lipinski definition) is 1. The fraction of sp³-hybridized carbons (Fsp3) is 0.714. The lowest BCUT2D eigenvalue weighted by atomic mass is 9.94. The number of carbonyl (C=O) groups is 1. The Bertz CT molecular complexity index is 497. The molecule has 0 spiro atoms. The fourth-order valence-corrected chi connectivity index (χ4v) is 2.32. The van der Waals surface area contributed by atoms with Gasteiger partial charge in [-0.2, -0.15) is 5.10 Å². The van der Waals surface area contributed by atoms with Gasteiger partial charge in [-0.25, -0.2) is 4.79 Å². The average molecular weight is 300 g/mol. The number of esters is 1. The summed E-state index contributed by atoms with van der Waals surface area (Å²) in [5.41, 5.74) is 5.52. The minimum atomic E-state index is -1.03. The van der Waals surface area contributed by atoms with Gasteiger partial charge in [0, 0.05) is 6.20 Å². The molecule has 112 valence electrons. The number of carbonyl (C=O) groups excluding carboxylic acids is 1. The number of aromatic nitrogens is 2. The third-order valence-electron chi connectivity index (χ3n) is 3.39. The van der Waals surface area contributed by atoms with Crippen molar-refractivity contribution in [3.8, 4) is 0 Å². The second kappa shape index (κ2) is 5.04. The summed E-state index contributed by atoms with van der Waals surface area (Å²) in [6, 6.07) is 0. The molecule has 1 fully saturated rings. The van der Waals surface area contributed by atoms with Crippen LogP contribution in [0.3, 0.4) is 0 Å². The molecule has 1 saturated carbocycles. The van der Waals surface area contributed by atoms with Crippen LogP contribution in [0.1, 0.15) is 39.3 Å². The molecule has 0 amide bonds. The third kappa shape index (κ3) is 3.33. The van der Waals surface area contributed by atoms with E-state index >= 15 is 0 Å². The van der Waals surface area contributed by atoms with E-state index in [1.165, 1.54) is 0 Å². The third-order valence-corrected chi connectivity index (χ3v) is 3.77. The van der Waals surface area contributed by atoms with Gasteiger partial charge >= 0.3 is 5.97 Å². The molecule has 1 aromatic heterocycles. The maximum absolute atomic E-state index is 12.4. The van der Waals surface area contributed by atoms with Gasteiger partial charge in [0.2, 0.25) is 0 Å². The summed E-state index contributed by atoms with van der Waals surface area (Å²) in [6.45, 7) is 7.63. The quantitative estimate of drug-likeness (QED) is 0.866. The number of nitrogens with two attached hydrogens (primary N) is 1. The van der Waals surface area contributed by atoms with Gasteiger partial charge in [-0.05, 0) is 46.5 Å². The van der Waals surface area contributed by atoms with E-state index in [9.17, 15) is 4.79 Å². The zero-order valence-electron chi connectivity index (χ0n) is 12.4. The molecule has 1 heterocycles. The molecule has 1 aliphatic carbocycles. The van der Waals surface area contributed by atoms with Crippen LogP contribution in [0, 0.1) is 12.8 Å². The van der Waals surface area contributed by atoms with Crippen molar-refractivity contribution in [3.63, 3.8) is 0 Å². The van der Waals surface area contributed by atoms with Crippen molar-refractivity contribution in [1.82, 2.24) is 9.78 Å². The van der Waals surface area contributed by atoms with Crippen molar-refractivity contribution >= 4 is 17.6 Å². The summed E-state index contributed by atoms with van der Waals surface area (Å²) in [7, 11) is 0. The first-order chi connectivity index (χ1) is 9.12. The smallest absolute Gasteiger partial charge is 0.328 e. The summed E-state index contributed by atoms with van der Waals surface area (Å²) in [4.78, 5) is 12.4. The van der Waals surface area contributed by atoms with E-state index in [-0.39, 0.29) is 11.9 Å². The second-order valence-electron chi connectivity index (χ2n) is 6.58. The van der Waals surface area contributed by atoms with E-state index in [0.717, 1.165) is 18.5 Å². The Balaban J connectivity index is 2.19. The zero-order chi connectivity index (χ0) is 15.1. The number of aryl methyl sites for hydroxylation is 1. The molecule has 5 nitrogen and oxygen atoms in total. The van der Waals surface area contributed by atoms with Crippen LogP contribution in [0.25, 0.3) is 0 Å². The van der Waals surface area contributed by atoms with Crippen molar-refractivity contribution in [2.75, 3.05) is 0 Å². The standard InChI is InChI=1S/C14H22ClN3O2/c1-9-11(15)7-18(17-9)8-14(16,10-5-6-10)12(19)20-13(2,3)4/h7,10H,5-6,8,16H2,1-4H3. The van der Waals surface area contributed by atoms with Crippen molar-refractivity contribution in [3.05, 3.63) is 16.9 Å². The number of rotatable bonds is 4. The molecule has 20 heavy (non-hydrogen) atoms. The molecule has 0 aromatic carbocycles. The predicted octanol–water partition coefficient (Wildman–Crippen LogP) is 2.29. The van der Waals surface area contributed by atoms with Crippen LogP contribution in [0.4, 0.5) is 0 Å². The molecule has 1 aliphatic rings. The average Bonchev–Trinajstić information content (AvgIpc) is 3.05. The van der Waals surface area contributed by atoms with E-state index < -0.39 is 11.1 Å². The minimum Gasteiger partial charge on any atom is -0.459 e. The van der Waals surface area contributed by atoms with Gasteiger partial charge < -0.3 is 10.5 Å². The molecule has 0 saturated heterocycles. The minimum absolute atomic E-state index is 0.153. The van der Waals surface area contributed by atoms with Crippen LogP contribution in [0.2, 0.25) is 5.02 Å². The van der Waals surface area contributed by atoms with Crippen molar-refractivity contribution in [2.45, 2.75) is 58.2 Å². The van der Waals surface area contributed by atoms with E-state index in [2.05, 4.69) is 5.10 Å². The number of ether oxygens (including phenoxy) is 1. The topological polar surface area (TPSA) is 70.1 Å². The molecule has 1 atom stereocenters. The highest BCUT2D eigenvalue weighted by molar-refractivity contribution is 6.31. The molecular formula is C14H22ClN3O2. The van der Waals surface area contributed by atoms with Gasteiger partial charge in [0.1, 0.15) is 11.1 Å². The van der Waals surface area contributed by atoms with Crippen LogP contribution < -0.4 is 5.73 Å². The van der Waals surface area contributed by atoms with Crippen LogP contribution in [-0.2, 0) is 16.1 Å². The fourth-order valence-electron chi connectivity index (χ4n) is 2.17. The Kier molecular flexibility index (Phi) is 3.86. The van der Waals surface area contributed by atoms with Gasteiger partial charge in [-0.3, -0.25) is 4.68 Å². The first-order valence-electron chi connectivity index (χ1n) is 6.84. The lowest BCUT2D eigenvalue weighted by Crippen LogP contribution is -2.56. The van der Waals surface area contributed by atoms with Crippen LogP contribution in [0.5, 0.6) is 0 Å². The molecule has 0 aliphatic heterocycles. The Labute approximate surface area is 124 Å². The van der Waals surface area contributed by atoms with Gasteiger partial charge in [-0.1, -0.05) is 11.6 Å². The lowest BCUT2D eigenvalue weighted by molar-refractivity contribution is -0.163. The molecule has 0 radical (unpaired) electrons. The first-order valence-corrected chi connectivity index (χ1v) is 7.21. The van der Waals surface area contributed by atoms with Crippen LogP contribution >= 0.6 is 11.6 Å². The molecule has 6 heteroatoms. The summed E-state index contributed by atoms with van der Waals surface area (Å²) in [5.74, 6) is -0.211. The number of nitrogens with zero attached hydrogens (tertiary/aromatic N) is 2. The van der Waals surface area contributed by atoms with Crippen molar-refractivity contribution < 1.29 is 9.53 Å². The Morgan fingerprint density at radius 1 is 1.55 bits per heavy atom. The maximum atomic E-state index is 12.4. The molecule has 2 N–H and O–H groups in total. The predicted molar refractivity (Wildman–Crippen MR) is 77.5 cm³/mol. The maximum Gasteiger partial charge on any atom is 0.328 e. The summed E-state index contributed by atoms with van der Waals surface area (Å²) >= 11 is 6.00. The monoisotopic (exact) mass is 299 g/mol. The van der Waals surface area contributed by atoms with Crippen molar-refractivity contribution in [1.29, 1.82) is 0 Å². The SMILES string of the molecule is Cc1nn(CC(N)(C(=O)OC(C)(C)C)C2CC2)cc1Cl. The van der Waals surface area contributed by atoms with E-state index in [0.29, 0.717) is 11.6 Å². The molecule has 2 rings (SSSR count). The zero-order valence-corrected chi connectivity index (χ0v) is 13.2. The van der Waals surface area contributed by atoms with Crippen LogP contribution in [0.15, 0.2) is 6.20 Å². The molecule has 0 bridgehead atoms. The lowest BCUT2D eigenvalue weighted by Gasteiger charge is -2.31. The molecule has 1 aromatic rings. The van der Waals surface area contributed by atoms with E-state index in [1.54, 1.807) is 10.9 Å².